The number of amides is 2. The van der Waals surface area contributed by atoms with E-state index in [9.17, 15) is 19.5 Å². The molecule has 0 aliphatic rings. The summed E-state index contributed by atoms with van der Waals surface area (Å²) in [5.41, 5.74) is 0.748. The second-order valence-corrected chi connectivity index (χ2v) is 6.16. The highest BCUT2D eigenvalue weighted by molar-refractivity contribution is 5.80. The van der Waals surface area contributed by atoms with Gasteiger partial charge in [0.15, 0.2) is 0 Å². The van der Waals surface area contributed by atoms with Crippen molar-refractivity contribution < 1.29 is 19.5 Å². The number of hydrogen-bond donors (Lipinski definition) is 3. The van der Waals surface area contributed by atoms with Crippen LogP contribution < -0.4 is 10.6 Å². The summed E-state index contributed by atoms with van der Waals surface area (Å²) in [6.45, 7) is 5.32. The van der Waals surface area contributed by atoms with Gasteiger partial charge in [-0.1, -0.05) is 30.3 Å². The molecule has 0 aliphatic heterocycles. The van der Waals surface area contributed by atoms with Crippen LogP contribution in [-0.4, -0.2) is 28.9 Å². The van der Waals surface area contributed by atoms with Gasteiger partial charge in [-0.2, -0.15) is 0 Å². The molecule has 132 valence electrons. The second kappa shape index (κ2) is 9.70. The van der Waals surface area contributed by atoms with E-state index in [0.717, 1.165) is 5.56 Å². The Morgan fingerprint density at radius 2 is 1.50 bits per heavy atom. The summed E-state index contributed by atoms with van der Waals surface area (Å²) >= 11 is 0. The standard InChI is InChI=1S/C18H26N2O4/c1-12(2)19-15(21)10-7-11-16(22)20-17(13(3)18(23)24)14-8-5-4-6-9-14/h4-6,8-9,12-13,17H,7,10-11H2,1-3H3,(H,19,21)(H,20,22)(H,23,24). The molecule has 0 fully saturated rings. The fourth-order valence-corrected chi connectivity index (χ4v) is 2.35. The minimum Gasteiger partial charge on any atom is -0.481 e. The van der Waals surface area contributed by atoms with Crippen molar-refractivity contribution in [2.75, 3.05) is 0 Å². The molecule has 24 heavy (non-hydrogen) atoms. The van der Waals surface area contributed by atoms with Crippen molar-refractivity contribution in [2.24, 2.45) is 5.92 Å². The Bertz CT molecular complexity index is 557. The molecule has 1 aromatic carbocycles. The molecule has 0 heterocycles. The maximum Gasteiger partial charge on any atom is 0.308 e. The summed E-state index contributed by atoms with van der Waals surface area (Å²) in [6.07, 6.45) is 0.880. The molecule has 2 atom stereocenters. The quantitative estimate of drug-likeness (QED) is 0.645. The number of nitrogens with one attached hydrogen (secondary N) is 2. The van der Waals surface area contributed by atoms with Gasteiger partial charge in [-0.05, 0) is 32.8 Å². The van der Waals surface area contributed by atoms with Gasteiger partial charge in [0.2, 0.25) is 11.8 Å². The highest BCUT2D eigenvalue weighted by Crippen LogP contribution is 2.22. The average molecular weight is 334 g/mol. The maximum absolute atomic E-state index is 12.1. The van der Waals surface area contributed by atoms with E-state index in [0.29, 0.717) is 6.42 Å². The van der Waals surface area contributed by atoms with Crippen LogP contribution >= 0.6 is 0 Å². The van der Waals surface area contributed by atoms with E-state index < -0.39 is 17.9 Å². The molecule has 0 saturated heterocycles. The largest absolute Gasteiger partial charge is 0.481 e. The van der Waals surface area contributed by atoms with E-state index in [1.165, 1.54) is 0 Å². The highest BCUT2D eigenvalue weighted by Gasteiger charge is 2.26. The molecule has 0 spiro atoms. The summed E-state index contributed by atoms with van der Waals surface area (Å²) < 4.78 is 0. The Morgan fingerprint density at radius 1 is 0.958 bits per heavy atom. The van der Waals surface area contributed by atoms with Gasteiger partial charge >= 0.3 is 5.97 Å². The topological polar surface area (TPSA) is 95.5 Å². The zero-order chi connectivity index (χ0) is 18.1. The molecule has 6 heteroatoms. The first-order valence-corrected chi connectivity index (χ1v) is 8.17. The Morgan fingerprint density at radius 3 is 2.00 bits per heavy atom. The maximum atomic E-state index is 12.1. The number of benzene rings is 1. The molecule has 3 N–H and O–H groups in total. The van der Waals surface area contributed by atoms with Crippen molar-refractivity contribution in [3.63, 3.8) is 0 Å². The summed E-state index contributed by atoms with van der Waals surface area (Å²) in [5, 5.41) is 14.8. The zero-order valence-corrected chi connectivity index (χ0v) is 14.4. The number of carboxylic acids is 1. The number of rotatable bonds is 9. The predicted octanol–water partition coefficient (Wildman–Crippen LogP) is 2.26. The van der Waals surface area contributed by atoms with Gasteiger partial charge in [-0.3, -0.25) is 14.4 Å². The normalized spacial score (nSPS) is 13.2. The second-order valence-electron chi connectivity index (χ2n) is 6.16. The van der Waals surface area contributed by atoms with Gasteiger partial charge in [0.1, 0.15) is 0 Å². The highest BCUT2D eigenvalue weighted by atomic mass is 16.4. The van der Waals surface area contributed by atoms with Crippen molar-refractivity contribution in [2.45, 2.75) is 52.1 Å². The lowest BCUT2D eigenvalue weighted by Gasteiger charge is -2.23. The van der Waals surface area contributed by atoms with Crippen LogP contribution in [0.3, 0.4) is 0 Å². The van der Waals surface area contributed by atoms with Crippen molar-refractivity contribution >= 4 is 17.8 Å². The van der Waals surface area contributed by atoms with Crippen LogP contribution in [-0.2, 0) is 14.4 Å². The molecule has 0 aliphatic carbocycles. The first kappa shape index (κ1) is 19.7. The van der Waals surface area contributed by atoms with Gasteiger partial charge in [0, 0.05) is 18.9 Å². The minimum atomic E-state index is -0.972. The molecule has 2 unspecified atom stereocenters. The van der Waals surface area contributed by atoms with E-state index in [1.807, 2.05) is 19.9 Å². The van der Waals surface area contributed by atoms with E-state index >= 15 is 0 Å². The monoisotopic (exact) mass is 334 g/mol. The SMILES string of the molecule is CC(C)NC(=O)CCCC(=O)NC(c1ccccc1)C(C)C(=O)O. The Hall–Kier alpha value is -2.37. The van der Waals surface area contributed by atoms with Gasteiger partial charge in [0.05, 0.1) is 12.0 Å². The number of carboxylic acid groups (broad SMARTS) is 1. The summed E-state index contributed by atoms with van der Waals surface area (Å²) in [6, 6.07) is 8.51. The van der Waals surface area contributed by atoms with E-state index in [1.54, 1.807) is 31.2 Å². The van der Waals surface area contributed by atoms with E-state index in [-0.39, 0.29) is 30.7 Å². The number of aliphatic carboxylic acids is 1. The number of carbonyl (C=O) groups excluding carboxylic acids is 2. The van der Waals surface area contributed by atoms with Gasteiger partial charge in [0.25, 0.3) is 0 Å². The van der Waals surface area contributed by atoms with Gasteiger partial charge in [-0.25, -0.2) is 0 Å². The Balaban J connectivity index is 2.59. The van der Waals surface area contributed by atoms with Crippen LogP contribution in [0.5, 0.6) is 0 Å². The first-order valence-electron chi connectivity index (χ1n) is 8.17. The average Bonchev–Trinajstić information content (AvgIpc) is 2.52. The Kier molecular flexibility index (Phi) is 7.95. The fourth-order valence-electron chi connectivity index (χ4n) is 2.35. The van der Waals surface area contributed by atoms with Crippen LogP contribution in [0.1, 0.15) is 51.6 Å². The van der Waals surface area contributed by atoms with Crippen LogP contribution in [0.4, 0.5) is 0 Å². The lowest BCUT2D eigenvalue weighted by Crippen LogP contribution is -2.35. The summed E-state index contributed by atoms with van der Waals surface area (Å²) in [4.78, 5) is 35.0. The fraction of sp³-hybridized carbons (Fsp3) is 0.500. The molecule has 1 aromatic rings. The molecular formula is C18H26N2O4. The van der Waals surface area contributed by atoms with Crippen LogP contribution in [0.15, 0.2) is 30.3 Å². The number of hydrogen-bond acceptors (Lipinski definition) is 3. The molecular weight excluding hydrogens is 308 g/mol. The molecule has 6 nitrogen and oxygen atoms in total. The summed E-state index contributed by atoms with van der Waals surface area (Å²) in [7, 11) is 0. The Labute approximate surface area is 142 Å². The summed E-state index contributed by atoms with van der Waals surface area (Å²) in [5.74, 6) is -2.06. The minimum absolute atomic E-state index is 0.0743. The number of carbonyl (C=O) groups is 3. The van der Waals surface area contributed by atoms with Crippen molar-refractivity contribution in [1.29, 1.82) is 0 Å². The lowest BCUT2D eigenvalue weighted by molar-refractivity contribution is -0.142. The first-order chi connectivity index (χ1) is 11.3. The lowest BCUT2D eigenvalue weighted by atomic mass is 9.94. The third kappa shape index (κ3) is 6.81. The molecule has 0 radical (unpaired) electrons. The van der Waals surface area contributed by atoms with Gasteiger partial charge in [-0.15, -0.1) is 0 Å². The molecule has 0 saturated carbocycles. The predicted molar refractivity (Wildman–Crippen MR) is 91.3 cm³/mol. The molecule has 1 rings (SSSR count). The zero-order valence-electron chi connectivity index (χ0n) is 14.4. The van der Waals surface area contributed by atoms with E-state index in [4.69, 9.17) is 0 Å². The van der Waals surface area contributed by atoms with Crippen LogP contribution in [0.2, 0.25) is 0 Å². The van der Waals surface area contributed by atoms with Crippen molar-refractivity contribution in [1.82, 2.24) is 10.6 Å². The smallest absolute Gasteiger partial charge is 0.308 e. The van der Waals surface area contributed by atoms with Crippen molar-refractivity contribution in [3.05, 3.63) is 35.9 Å². The third-order valence-electron chi connectivity index (χ3n) is 3.62. The third-order valence-corrected chi connectivity index (χ3v) is 3.62. The molecule has 2 amide bonds. The van der Waals surface area contributed by atoms with Crippen LogP contribution in [0, 0.1) is 5.92 Å². The van der Waals surface area contributed by atoms with Crippen LogP contribution in [0.25, 0.3) is 0 Å². The van der Waals surface area contributed by atoms with Gasteiger partial charge < -0.3 is 15.7 Å². The van der Waals surface area contributed by atoms with E-state index in [2.05, 4.69) is 10.6 Å². The molecule has 0 aromatic heterocycles. The molecule has 0 bridgehead atoms. The van der Waals surface area contributed by atoms with Crippen molar-refractivity contribution in [3.8, 4) is 0 Å².